The minimum atomic E-state index is -0.996. The molecule has 0 spiro atoms. The van der Waals surface area contributed by atoms with Crippen molar-refractivity contribution in [3.8, 4) is 5.75 Å². The van der Waals surface area contributed by atoms with Crippen molar-refractivity contribution in [1.82, 2.24) is 16.0 Å². The summed E-state index contributed by atoms with van der Waals surface area (Å²) in [6, 6.07) is 17.3. The number of hydrogen-bond acceptors (Lipinski definition) is 7. The molecule has 0 aliphatic carbocycles. The number of alkyl carbamates (subject to hydrolysis) is 1. The molecule has 0 unspecified atom stereocenters. The average molecular weight is 712 g/mol. The Balaban J connectivity index is 0.00000867. The fraction of sp³-hybridized carbons (Fsp3) is 0.417. The molecule has 0 aliphatic rings. The summed E-state index contributed by atoms with van der Waals surface area (Å²) in [6.45, 7) is 7.67. The number of carbonyl (C=O) groups is 4. The van der Waals surface area contributed by atoms with E-state index in [0.717, 1.165) is 16.3 Å². The van der Waals surface area contributed by atoms with E-state index < -0.39 is 41.9 Å². The van der Waals surface area contributed by atoms with Crippen LogP contribution < -0.4 is 37.5 Å². The molecule has 3 rings (SSSR count). The molecule has 8 N–H and O–H groups in total. The SMILES string of the molecule is COc1cc(NC(=O)[C@H](CCCN=C(N)N)NC(=O)[C@H](CC(C)C)NC(=O)[C@@H](NC(=O)OCc2ccccc2)C(C)C)cc2ccccc12.Cl. The third kappa shape index (κ3) is 13.1. The fourth-order valence-electron chi connectivity index (χ4n) is 5.18. The number of nitrogens with zero attached hydrogens (tertiary/aromatic N) is 1. The first-order chi connectivity index (χ1) is 23.4. The fourth-order valence-corrected chi connectivity index (χ4v) is 5.18. The van der Waals surface area contributed by atoms with Crippen molar-refractivity contribution < 1.29 is 28.7 Å². The number of ether oxygens (including phenoxy) is 2. The Morgan fingerprint density at radius 1 is 0.820 bits per heavy atom. The van der Waals surface area contributed by atoms with E-state index >= 15 is 0 Å². The summed E-state index contributed by atoms with van der Waals surface area (Å²) in [4.78, 5) is 57.5. The quantitative estimate of drug-likeness (QED) is 0.0679. The number of halogens is 1. The molecule has 0 saturated heterocycles. The summed E-state index contributed by atoms with van der Waals surface area (Å²) in [5.74, 6) is -1.37. The molecular formula is C36H50ClN7O6. The van der Waals surface area contributed by atoms with Crippen LogP contribution in [0.2, 0.25) is 0 Å². The van der Waals surface area contributed by atoms with E-state index in [-0.39, 0.29) is 56.2 Å². The van der Waals surface area contributed by atoms with Crippen LogP contribution in [0.25, 0.3) is 10.8 Å². The Bertz CT molecular complexity index is 1600. The van der Waals surface area contributed by atoms with Gasteiger partial charge in [0.1, 0.15) is 30.5 Å². The van der Waals surface area contributed by atoms with Gasteiger partial charge in [0.15, 0.2) is 5.96 Å². The highest BCUT2D eigenvalue weighted by Crippen LogP contribution is 2.30. The third-order valence-corrected chi connectivity index (χ3v) is 7.66. The molecule has 14 heteroatoms. The van der Waals surface area contributed by atoms with Crippen LogP contribution in [0.3, 0.4) is 0 Å². The molecule has 0 heterocycles. The smallest absolute Gasteiger partial charge is 0.408 e. The van der Waals surface area contributed by atoms with Gasteiger partial charge in [0.25, 0.3) is 0 Å². The number of benzene rings is 3. The predicted molar refractivity (Wildman–Crippen MR) is 198 cm³/mol. The van der Waals surface area contributed by atoms with Crippen molar-refractivity contribution in [2.24, 2.45) is 28.3 Å². The molecule has 272 valence electrons. The number of amides is 4. The van der Waals surface area contributed by atoms with Crippen molar-refractivity contribution in [2.75, 3.05) is 19.0 Å². The number of hydrogen-bond donors (Lipinski definition) is 6. The van der Waals surface area contributed by atoms with Crippen LogP contribution in [0.1, 0.15) is 52.5 Å². The monoisotopic (exact) mass is 711 g/mol. The van der Waals surface area contributed by atoms with Gasteiger partial charge >= 0.3 is 6.09 Å². The van der Waals surface area contributed by atoms with Gasteiger partial charge in [-0.1, -0.05) is 82.3 Å². The van der Waals surface area contributed by atoms with E-state index in [0.29, 0.717) is 17.9 Å². The lowest BCUT2D eigenvalue weighted by molar-refractivity contribution is -0.132. The summed E-state index contributed by atoms with van der Waals surface area (Å²) in [7, 11) is 1.55. The maximum atomic E-state index is 13.8. The number of nitrogens with one attached hydrogen (secondary N) is 4. The Hall–Kier alpha value is -5.04. The zero-order chi connectivity index (χ0) is 35.9. The summed E-state index contributed by atoms with van der Waals surface area (Å²) < 4.78 is 10.9. The van der Waals surface area contributed by atoms with E-state index in [1.807, 2.05) is 74.5 Å². The van der Waals surface area contributed by atoms with E-state index in [1.165, 1.54) is 0 Å². The maximum absolute atomic E-state index is 13.8. The first kappa shape index (κ1) is 41.1. The van der Waals surface area contributed by atoms with Crippen LogP contribution in [0, 0.1) is 11.8 Å². The van der Waals surface area contributed by atoms with Crippen LogP contribution in [0.5, 0.6) is 5.75 Å². The van der Waals surface area contributed by atoms with Gasteiger partial charge in [-0.2, -0.15) is 0 Å². The predicted octanol–water partition coefficient (Wildman–Crippen LogP) is 4.23. The third-order valence-electron chi connectivity index (χ3n) is 7.66. The van der Waals surface area contributed by atoms with Gasteiger partial charge in [-0.25, -0.2) is 4.79 Å². The molecular weight excluding hydrogens is 662 g/mol. The molecule has 0 saturated carbocycles. The molecule has 0 fully saturated rings. The van der Waals surface area contributed by atoms with Gasteiger partial charge in [0.05, 0.1) is 7.11 Å². The van der Waals surface area contributed by atoms with E-state index in [1.54, 1.807) is 27.0 Å². The highest BCUT2D eigenvalue weighted by Gasteiger charge is 2.31. The number of fused-ring (bicyclic) bond motifs is 1. The normalized spacial score (nSPS) is 12.5. The molecule has 4 amide bonds. The van der Waals surface area contributed by atoms with Crippen LogP contribution in [0.4, 0.5) is 10.5 Å². The molecule has 0 bridgehead atoms. The zero-order valence-corrected chi connectivity index (χ0v) is 30.0. The molecule has 0 aromatic heterocycles. The molecule has 13 nitrogen and oxygen atoms in total. The van der Waals surface area contributed by atoms with Crippen molar-refractivity contribution >= 4 is 58.6 Å². The Morgan fingerprint density at radius 2 is 1.48 bits per heavy atom. The van der Waals surface area contributed by atoms with Gasteiger partial charge in [-0.3, -0.25) is 19.4 Å². The number of rotatable bonds is 17. The van der Waals surface area contributed by atoms with Crippen LogP contribution in [0.15, 0.2) is 71.7 Å². The van der Waals surface area contributed by atoms with Crippen molar-refractivity contribution in [3.63, 3.8) is 0 Å². The standard InChI is InChI=1S/C36H49N7O6.ClH/c1-22(2)18-29(42-34(46)31(23(3)4)43-36(47)49-21-24-12-7-6-8-13-24)33(45)41-28(16-11-17-39-35(37)38)32(44)40-26-19-25-14-9-10-15-27(25)30(20-26)48-5;/h6-10,12-15,19-20,22-23,28-29,31H,11,16-18,21H2,1-5H3,(H,40,44)(H,41,45)(H,42,46)(H,43,47)(H4,37,38,39);1H/t28-,29-,31-;/m0./s1. The molecule has 0 radical (unpaired) electrons. The van der Waals surface area contributed by atoms with Crippen molar-refractivity contribution in [2.45, 2.75) is 71.7 Å². The van der Waals surface area contributed by atoms with Gasteiger partial charge in [-0.15, -0.1) is 12.4 Å². The molecule has 50 heavy (non-hydrogen) atoms. The topological polar surface area (TPSA) is 199 Å². The van der Waals surface area contributed by atoms with Crippen molar-refractivity contribution in [1.29, 1.82) is 0 Å². The lowest BCUT2D eigenvalue weighted by Crippen LogP contribution is -2.57. The minimum absolute atomic E-state index is 0. The van der Waals surface area contributed by atoms with Gasteiger partial charge in [0.2, 0.25) is 17.7 Å². The second-order valence-corrected chi connectivity index (χ2v) is 12.5. The number of nitrogens with two attached hydrogens (primary N) is 2. The summed E-state index contributed by atoms with van der Waals surface area (Å²) in [6.07, 6.45) is 0.129. The van der Waals surface area contributed by atoms with Crippen LogP contribution in [-0.2, 0) is 25.7 Å². The summed E-state index contributed by atoms with van der Waals surface area (Å²) in [5, 5.41) is 12.9. The van der Waals surface area contributed by atoms with Gasteiger partial charge in [-0.05, 0) is 48.1 Å². The highest BCUT2D eigenvalue weighted by atomic mass is 35.5. The largest absolute Gasteiger partial charge is 0.496 e. The lowest BCUT2D eigenvalue weighted by atomic mass is 9.99. The Labute approximate surface area is 299 Å². The highest BCUT2D eigenvalue weighted by molar-refractivity contribution is 6.01. The van der Waals surface area contributed by atoms with Gasteiger partial charge in [0, 0.05) is 23.7 Å². The first-order valence-corrected chi connectivity index (χ1v) is 16.4. The number of anilines is 1. The van der Waals surface area contributed by atoms with E-state index in [2.05, 4.69) is 26.3 Å². The van der Waals surface area contributed by atoms with Gasteiger partial charge < -0.3 is 42.2 Å². The van der Waals surface area contributed by atoms with Crippen molar-refractivity contribution in [3.05, 3.63) is 72.3 Å². The van der Waals surface area contributed by atoms with E-state index in [4.69, 9.17) is 20.9 Å². The minimum Gasteiger partial charge on any atom is -0.496 e. The number of aliphatic imine (C=N–C) groups is 1. The number of guanidine groups is 1. The molecule has 3 aromatic rings. The maximum Gasteiger partial charge on any atom is 0.408 e. The summed E-state index contributed by atoms with van der Waals surface area (Å²) in [5.41, 5.74) is 12.2. The molecule has 3 atom stereocenters. The lowest BCUT2D eigenvalue weighted by Gasteiger charge is -2.27. The van der Waals surface area contributed by atoms with Crippen LogP contribution >= 0.6 is 12.4 Å². The molecule has 3 aromatic carbocycles. The second kappa shape index (κ2) is 20.5. The average Bonchev–Trinajstić information content (AvgIpc) is 3.06. The van der Waals surface area contributed by atoms with Crippen LogP contribution in [-0.4, -0.2) is 61.6 Å². The zero-order valence-electron chi connectivity index (χ0n) is 29.2. The number of carbonyl (C=O) groups excluding carboxylic acids is 4. The number of methoxy groups -OCH3 is 1. The van der Waals surface area contributed by atoms with E-state index in [9.17, 15) is 19.2 Å². The Morgan fingerprint density at radius 3 is 2.12 bits per heavy atom. The second-order valence-electron chi connectivity index (χ2n) is 12.5. The Kier molecular flexibility index (Phi) is 16.8. The molecule has 0 aliphatic heterocycles. The first-order valence-electron chi connectivity index (χ1n) is 16.4. The summed E-state index contributed by atoms with van der Waals surface area (Å²) >= 11 is 0.